The van der Waals surface area contributed by atoms with E-state index in [1.54, 1.807) is 26.1 Å². The number of carbonyl (C=O) groups is 1. The van der Waals surface area contributed by atoms with Crippen molar-refractivity contribution in [2.24, 2.45) is 13.0 Å². The summed E-state index contributed by atoms with van der Waals surface area (Å²) in [5, 5.41) is 9.79. The number of rotatable bonds is 9. The Morgan fingerprint density at radius 1 is 1.17 bits per heavy atom. The molecule has 2 N–H and O–H groups in total. The summed E-state index contributed by atoms with van der Waals surface area (Å²) in [6, 6.07) is 10.2. The third kappa shape index (κ3) is 6.56. The lowest BCUT2D eigenvalue weighted by atomic mass is 9.99. The van der Waals surface area contributed by atoms with Crippen molar-refractivity contribution in [2.75, 3.05) is 31.5 Å². The van der Waals surface area contributed by atoms with Crippen molar-refractivity contribution in [2.45, 2.75) is 42.8 Å². The van der Waals surface area contributed by atoms with Gasteiger partial charge in [-0.2, -0.15) is 4.31 Å². The molecule has 12 nitrogen and oxygen atoms in total. The number of anilines is 1. The van der Waals surface area contributed by atoms with Gasteiger partial charge in [-0.15, -0.1) is 0 Å². The molecule has 0 bridgehead atoms. The van der Waals surface area contributed by atoms with Crippen LogP contribution in [0.15, 0.2) is 64.9 Å². The Labute approximate surface area is 240 Å². The lowest BCUT2D eigenvalue weighted by Crippen LogP contribution is -2.50. The van der Waals surface area contributed by atoms with Gasteiger partial charge in [-0.25, -0.2) is 21.8 Å². The highest BCUT2D eigenvalue weighted by Gasteiger charge is 2.36. The molecule has 3 aromatic rings. The summed E-state index contributed by atoms with van der Waals surface area (Å²) >= 11 is 0. The van der Waals surface area contributed by atoms with Crippen molar-refractivity contribution in [1.29, 1.82) is 0 Å². The lowest BCUT2D eigenvalue weighted by molar-refractivity contribution is 0.0387. The second-order valence-corrected chi connectivity index (χ2v) is 14.1. The smallest absolute Gasteiger partial charge is 0.261 e. The van der Waals surface area contributed by atoms with E-state index in [0.717, 1.165) is 9.87 Å². The summed E-state index contributed by atoms with van der Waals surface area (Å²) < 4.78 is 63.7. The Bertz CT molecular complexity index is 1620. The molecular weight excluding hydrogens is 570 g/mol. The Morgan fingerprint density at radius 3 is 2.46 bits per heavy atom. The Kier molecular flexibility index (Phi) is 8.78. The van der Waals surface area contributed by atoms with E-state index in [0.29, 0.717) is 0 Å². The average molecular weight is 606 g/mol. The predicted octanol–water partition coefficient (Wildman–Crippen LogP) is 2.07. The van der Waals surface area contributed by atoms with Gasteiger partial charge in [0.1, 0.15) is 11.9 Å². The van der Waals surface area contributed by atoms with Crippen LogP contribution in [0, 0.1) is 12.8 Å². The molecule has 1 aromatic heterocycles. The fourth-order valence-corrected chi connectivity index (χ4v) is 6.66. The van der Waals surface area contributed by atoms with Crippen LogP contribution in [0.4, 0.5) is 5.69 Å². The number of aryl methyl sites for hydroxylation is 2. The Morgan fingerprint density at radius 2 is 1.85 bits per heavy atom. The molecule has 2 heterocycles. The number of likely N-dealkylation sites (N-methyl/N-ethyl adjacent to an activating group) is 1. The first-order valence-electron chi connectivity index (χ1n) is 13.0. The molecule has 41 heavy (non-hydrogen) atoms. The van der Waals surface area contributed by atoms with E-state index in [9.17, 15) is 26.7 Å². The SMILES string of the molecule is Cc1ccc(S(=O)(=O)Nc2ccc3c(c2)C(=O)N([C@H](C)CO)C[C@@H](C)[C@@H](CN(C)S(=O)(=O)c2cn(C)cn2)O3)cc1. The molecular formula is C27H35N5O7S2. The summed E-state index contributed by atoms with van der Waals surface area (Å²) in [5.74, 6) is -0.608. The number of carbonyl (C=O) groups excluding carboxylic acids is 1. The van der Waals surface area contributed by atoms with Gasteiger partial charge < -0.3 is 19.3 Å². The van der Waals surface area contributed by atoms with Crippen LogP contribution in [0.25, 0.3) is 0 Å². The van der Waals surface area contributed by atoms with Gasteiger partial charge in [0.15, 0.2) is 5.03 Å². The highest BCUT2D eigenvalue weighted by Crippen LogP contribution is 2.32. The Balaban J connectivity index is 1.68. The van der Waals surface area contributed by atoms with Gasteiger partial charge in [0.2, 0.25) is 0 Å². The summed E-state index contributed by atoms with van der Waals surface area (Å²) in [5.41, 5.74) is 1.15. The van der Waals surface area contributed by atoms with Crippen LogP contribution in [0.1, 0.15) is 29.8 Å². The van der Waals surface area contributed by atoms with Crippen LogP contribution < -0.4 is 9.46 Å². The number of hydrogen-bond donors (Lipinski definition) is 2. The average Bonchev–Trinajstić information content (AvgIpc) is 3.37. The zero-order chi connectivity index (χ0) is 30.1. The fourth-order valence-electron chi connectivity index (χ4n) is 4.47. The fraction of sp³-hybridized carbons (Fsp3) is 0.407. The topological polar surface area (TPSA) is 151 Å². The molecule has 0 unspecified atom stereocenters. The van der Waals surface area contributed by atoms with E-state index in [-0.39, 0.29) is 52.5 Å². The predicted molar refractivity (Wildman–Crippen MR) is 153 cm³/mol. The van der Waals surface area contributed by atoms with E-state index in [2.05, 4.69) is 9.71 Å². The van der Waals surface area contributed by atoms with Gasteiger partial charge in [0, 0.05) is 38.4 Å². The first-order chi connectivity index (χ1) is 19.2. The molecule has 0 radical (unpaired) electrons. The van der Waals surface area contributed by atoms with Crippen molar-refractivity contribution >= 4 is 31.6 Å². The number of benzene rings is 2. The number of amides is 1. The maximum Gasteiger partial charge on any atom is 0.261 e. The third-order valence-corrected chi connectivity index (χ3v) is 10.1. The minimum absolute atomic E-state index is 0.0448. The van der Waals surface area contributed by atoms with E-state index in [4.69, 9.17) is 4.74 Å². The lowest BCUT2D eigenvalue weighted by Gasteiger charge is -2.38. The monoisotopic (exact) mass is 605 g/mol. The molecule has 0 saturated carbocycles. The number of imidazole rings is 1. The standard InChI is InChI=1S/C27H35N5O7S2/c1-18-6-9-22(10-7-18)40(35,36)29-21-8-11-24-23(12-21)27(34)32(20(3)16-33)13-19(2)25(39-24)14-31(5)41(37,38)26-15-30(4)17-28-26/h6-12,15,17,19-20,25,29,33H,13-14,16H2,1-5H3/t19-,20-,25-/m1/s1. The maximum absolute atomic E-state index is 13.7. The first-order valence-corrected chi connectivity index (χ1v) is 15.9. The van der Waals surface area contributed by atoms with Gasteiger partial charge in [0.25, 0.3) is 26.0 Å². The number of aliphatic hydroxyl groups excluding tert-OH is 1. The van der Waals surface area contributed by atoms with Crippen LogP contribution in [-0.4, -0.2) is 85.5 Å². The van der Waals surface area contributed by atoms with E-state index < -0.39 is 38.1 Å². The third-order valence-electron chi connectivity index (χ3n) is 7.04. The van der Waals surface area contributed by atoms with Gasteiger partial charge in [-0.3, -0.25) is 9.52 Å². The summed E-state index contributed by atoms with van der Waals surface area (Å²) in [6.07, 6.45) is 2.12. The number of hydrogen-bond acceptors (Lipinski definition) is 8. The van der Waals surface area contributed by atoms with Crippen molar-refractivity contribution in [3.05, 3.63) is 66.1 Å². The minimum Gasteiger partial charge on any atom is -0.488 e. The molecule has 0 fully saturated rings. The molecule has 3 atom stereocenters. The van der Waals surface area contributed by atoms with E-state index in [1.165, 1.54) is 59.4 Å². The number of nitrogens with one attached hydrogen (secondary N) is 1. The van der Waals surface area contributed by atoms with Crippen molar-refractivity contribution in [3.63, 3.8) is 0 Å². The molecule has 1 aliphatic rings. The zero-order valence-corrected chi connectivity index (χ0v) is 25.2. The van der Waals surface area contributed by atoms with Crippen molar-refractivity contribution < 1.29 is 31.5 Å². The summed E-state index contributed by atoms with van der Waals surface area (Å²) in [6.45, 7) is 5.21. The molecule has 0 aliphatic carbocycles. The second-order valence-electron chi connectivity index (χ2n) is 10.4. The molecule has 0 spiro atoms. The van der Waals surface area contributed by atoms with E-state index in [1.807, 2.05) is 13.8 Å². The van der Waals surface area contributed by atoms with Crippen LogP contribution in [0.5, 0.6) is 5.75 Å². The number of aromatic nitrogens is 2. The zero-order valence-electron chi connectivity index (χ0n) is 23.6. The van der Waals surface area contributed by atoms with Crippen LogP contribution in [0.2, 0.25) is 0 Å². The van der Waals surface area contributed by atoms with Crippen molar-refractivity contribution in [1.82, 2.24) is 18.8 Å². The molecule has 4 rings (SSSR count). The van der Waals surface area contributed by atoms with Gasteiger partial charge >= 0.3 is 0 Å². The van der Waals surface area contributed by atoms with Crippen LogP contribution in [0.3, 0.4) is 0 Å². The molecule has 222 valence electrons. The molecule has 1 aliphatic heterocycles. The molecule has 1 amide bonds. The number of aliphatic hydroxyl groups is 1. The van der Waals surface area contributed by atoms with Gasteiger partial charge in [-0.05, 0) is 44.2 Å². The molecule has 2 aromatic carbocycles. The minimum atomic E-state index is -3.94. The quantitative estimate of drug-likeness (QED) is 0.376. The normalized spacial score (nSPS) is 18.8. The number of fused-ring (bicyclic) bond motifs is 1. The number of nitrogens with zero attached hydrogens (tertiary/aromatic N) is 4. The maximum atomic E-state index is 13.7. The van der Waals surface area contributed by atoms with Crippen molar-refractivity contribution in [3.8, 4) is 5.75 Å². The van der Waals surface area contributed by atoms with Crippen LogP contribution in [-0.2, 0) is 27.1 Å². The molecule has 0 saturated heterocycles. The summed E-state index contributed by atoms with van der Waals surface area (Å²) in [7, 11) is -4.75. The number of sulfonamides is 2. The highest BCUT2D eigenvalue weighted by molar-refractivity contribution is 7.92. The van der Waals surface area contributed by atoms with Gasteiger partial charge in [0.05, 0.1) is 36.0 Å². The van der Waals surface area contributed by atoms with E-state index >= 15 is 0 Å². The first kappa shape index (κ1) is 30.5. The summed E-state index contributed by atoms with van der Waals surface area (Å²) in [4.78, 5) is 19.2. The highest BCUT2D eigenvalue weighted by atomic mass is 32.2. The largest absolute Gasteiger partial charge is 0.488 e. The number of ether oxygens (including phenoxy) is 1. The Hall–Kier alpha value is -3.46. The molecule has 14 heteroatoms. The van der Waals surface area contributed by atoms with Crippen LogP contribution >= 0.6 is 0 Å². The second kappa shape index (κ2) is 11.8. The van der Waals surface area contributed by atoms with Gasteiger partial charge in [-0.1, -0.05) is 24.6 Å².